The van der Waals surface area contributed by atoms with Gasteiger partial charge in [0.1, 0.15) is 5.78 Å². The van der Waals surface area contributed by atoms with Crippen LogP contribution in [-0.2, 0) is 22.2 Å². The van der Waals surface area contributed by atoms with Crippen molar-refractivity contribution in [1.29, 1.82) is 0 Å². The van der Waals surface area contributed by atoms with Crippen LogP contribution >= 0.6 is 0 Å². The van der Waals surface area contributed by atoms with Gasteiger partial charge in [0, 0.05) is 18.4 Å². The van der Waals surface area contributed by atoms with Gasteiger partial charge in [-0.05, 0) is 57.9 Å². The quantitative estimate of drug-likeness (QED) is 0.779. The highest BCUT2D eigenvalue weighted by Gasteiger charge is 2.38. The van der Waals surface area contributed by atoms with Crippen LogP contribution in [0.15, 0.2) is 30.3 Å². The van der Waals surface area contributed by atoms with Gasteiger partial charge in [0.05, 0.1) is 15.7 Å². The van der Waals surface area contributed by atoms with Gasteiger partial charge in [0.15, 0.2) is 0 Å². The van der Waals surface area contributed by atoms with Crippen LogP contribution in [0, 0.1) is 11.8 Å². The van der Waals surface area contributed by atoms with Crippen molar-refractivity contribution in [3.63, 3.8) is 0 Å². The number of nitrogens with one attached hydrogen (secondary N) is 1. The van der Waals surface area contributed by atoms with Crippen molar-refractivity contribution in [3.05, 3.63) is 35.9 Å². The molecule has 0 spiro atoms. The molecule has 0 bridgehead atoms. The molecule has 0 amide bonds. The third kappa shape index (κ3) is 5.75. The van der Waals surface area contributed by atoms with Crippen LogP contribution in [0.4, 0.5) is 0 Å². The van der Waals surface area contributed by atoms with Crippen molar-refractivity contribution < 1.29 is 9.00 Å². The number of hydrogen-bond acceptors (Lipinski definition) is 2. The van der Waals surface area contributed by atoms with E-state index < -0.39 is 11.0 Å². The Labute approximate surface area is 155 Å². The molecule has 1 N–H and O–H groups in total. The largest absolute Gasteiger partial charge is 0.299 e. The molecule has 1 aliphatic rings. The topological polar surface area (TPSA) is 46.2 Å². The summed E-state index contributed by atoms with van der Waals surface area (Å²) < 4.78 is 15.7. The smallest absolute Gasteiger partial charge is 0.137 e. The first kappa shape index (κ1) is 20.3. The van der Waals surface area contributed by atoms with Gasteiger partial charge in [-0.2, -0.15) is 0 Å². The van der Waals surface area contributed by atoms with E-state index in [0.717, 1.165) is 32.1 Å². The molecule has 0 aliphatic heterocycles. The standard InChI is InChI=1S/C21H33NO2S/c1-5-17-12-9-13-19(23)20(17)18(22-25(24)21(2,3)4)15-14-16-10-7-6-8-11-16/h6-8,10-11,17-18,20,22H,5,9,12-15H2,1-4H3/t17-,18-,20-,25?/m1/s1. The van der Waals surface area contributed by atoms with Crippen molar-refractivity contribution in [2.75, 3.05) is 0 Å². The molecule has 2 rings (SSSR count). The van der Waals surface area contributed by atoms with E-state index in [0.29, 0.717) is 18.1 Å². The summed E-state index contributed by atoms with van der Waals surface area (Å²) in [6, 6.07) is 10.3. The van der Waals surface area contributed by atoms with Gasteiger partial charge in [0.2, 0.25) is 0 Å². The number of hydrogen-bond donors (Lipinski definition) is 1. The minimum absolute atomic E-state index is 0.00578. The molecule has 4 heteroatoms. The van der Waals surface area contributed by atoms with Gasteiger partial charge in [0.25, 0.3) is 0 Å². The molecule has 0 saturated heterocycles. The van der Waals surface area contributed by atoms with Crippen LogP contribution < -0.4 is 4.72 Å². The van der Waals surface area contributed by atoms with E-state index in [1.54, 1.807) is 0 Å². The summed E-state index contributed by atoms with van der Waals surface area (Å²) in [5, 5.41) is 0. The lowest BCUT2D eigenvalue weighted by molar-refractivity contribution is -0.127. The molecule has 3 nitrogen and oxygen atoms in total. The average molecular weight is 364 g/mol. The van der Waals surface area contributed by atoms with Crippen molar-refractivity contribution in [1.82, 2.24) is 4.72 Å². The van der Waals surface area contributed by atoms with E-state index in [1.165, 1.54) is 5.56 Å². The van der Waals surface area contributed by atoms with Gasteiger partial charge >= 0.3 is 0 Å². The SMILES string of the molecule is CC[C@@H]1CCCC(=O)[C@H]1[C@@H](CCc1ccccc1)NS(=O)C(C)(C)C. The summed E-state index contributed by atoms with van der Waals surface area (Å²) in [6.45, 7) is 8.10. The second-order valence-corrected chi connectivity index (χ2v) is 10.2. The Morgan fingerprint density at radius 3 is 2.52 bits per heavy atom. The molecule has 0 heterocycles. The summed E-state index contributed by atoms with van der Waals surface area (Å²) in [5.74, 6) is 0.759. The third-order valence-corrected chi connectivity index (χ3v) is 6.87. The van der Waals surface area contributed by atoms with Crippen molar-refractivity contribution >= 4 is 16.8 Å². The van der Waals surface area contributed by atoms with Crippen molar-refractivity contribution in [3.8, 4) is 0 Å². The second-order valence-electron chi connectivity index (χ2n) is 8.18. The first-order chi connectivity index (χ1) is 11.8. The minimum Gasteiger partial charge on any atom is -0.299 e. The predicted molar refractivity (Wildman–Crippen MR) is 106 cm³/mol. The Balaban J connectivity index is 2.17. The fourth-order valence-corrected chi connectivity index (χ4v) is 4.64. The van der Waals surface area contributed by atoms with Crippen LogP contribution in [0.25, 0.3) is 0 Å². The second kappa shape index (κ2) is 9.09. The van der Waals surface area contributed by atoms with Crippen LogP contribution in [0.2, 0.25) is 0 Å². The number of ketones is 1. The molecular formula is C21H33NO2S. The molecule has 1 aliphatic carbocycles. The number of rotatable bonds is 7. The van der Waals surface area contributed by atoms with E-state index in [2.05, 4.69) is 23.8 Å². The molecule has 0 radical (unpaired) electrons. The number of carbonyl (C=O) groups is 1. The lowest BCUT2D eigenvalue weighted by Crippen LogP contribution is -2.49. The summed E-state index contributed by atoms with van der Waals surface area (Å²) in [6.07, 6.45) is 5.55. The number of Topliss-reactive ketones (excluding diaryl/α,β-unsaturated/α-hetero) is 1. The zero-order valence-corrected chi connectivity index (χ0v) is 16.9. The molecule has 1 unspecified atom stereocenters. The van der Waals surface area contributed by atoms with Gasteiger partial charge in [-0.25, -0.2) is 8.93 Å². The first-order valence-corrected chi connectivity index (χ1v) is 10.7. The lowest BCUT2D eigenvalue weighted by Gasteiger charge is -2.37. The van der Waals surface area contributed by atoms with Crippen LogP contribution in [0.1, 0.15) is 65.4 Å². The summed E-state index contributed by atoms with van der Waals surface area (Å²) in [5.41, 5.74) is 1.27. The predicted octanol–water partition coefficient (Wildman–Crippen LogP) is 4.44. The van der Waals surface area contributed by atoms with Crippen molar-refractivity contribution in [2.45, 2.75) is 77.0 Å². The lowest BCUT2D eigenvalue weighted by atomic mass is 9.72. The Kier molecular flexibility index (Phi) is 7.38. The molecule has 0 aromatic heterocycles. The zero-order chi connectivity index (χ0) is 18.4. The Hall–Kier alpha value is -1.00. The van der Waals surface area contributed by atoms with Gasteiger partial charge in [-0.1, -0.05) is 43.7 Å². The summed E-state index contributed by atoms with van der Waals surface area (Å²) in [7, 11) is -1.16. The van der Waals surface area contributed by atoms with E-state index in [-0.39, 0.29) is 16.7 Å². The number of carbonyl (C=O) groups excluding carboxylic acids is 1. The minimum atomic E-state index is -1.16. The summed E-state index contributed by atoms with van der Waals surface area (Å²) in [4.78, 5) is 12.7. The van der Waals surface area contributed by atoms with Crippen molar-refractivity contribution in [2.24, 2.45) is 11.8 Å². The first-order valence-electron chi connectivity index (χ1n) is 9.57. The van der Waals surface area contributed by atoms with E-state index in [1.807, 2.05) is 39.0 Å². The van der Waals surface area contributed by atoms with Crippen LogP contribution in [0.3, 0.4) is 0 Å². The Bertz CT molecular complexity index is 579. The zero-order valence-electron chi connectivity index (χ0n) is 16.1. The molecule has 140 valence electrons. The highest BCUT2D eigenvalue weighted by atomic mass is 32.2. The summed E-state index contributed by atoms with van der Waals surface area (Å²) >= 11 is 0. The highest BCUT2D eigenvalue weighted by Crippen LogP contribution is 2.34. The molecule has 1 fully saturated rings. The highest BCUT2D eigenvalue weighted by molar-refractivity contribution is 7.84. The van der Waals surface area contributed by atoms with Gasteiger partial charge in [-0.15, -0.1) is 0 Å². The Morgan fingerprint density at radius 2 is 1.92 bits per heavy atom. The Morgan fingerprint density at radius 1 is 1.24 bits per heavy atom. The monoisotopic (exact) mass is 363 g/mol. The van der Waals surface area contributed by atoms with Gasteiger partial charge < -0.3 is 0 Å². The molecule has 25 heavy (non-hydrogen) atoms. The fraction of sp³-hybridized carbons (Fsp3) is 0.667. The maximum atomic E-state index is 12.7. The van der Waals surface area contributed by atoms with E-state index in [9.17, 15) is 9.00 Å². The molecule has 1 aromatic carbocycles. The number of aryl methyl sites for hydroxylation is 1. The third-order valence-electron chi connectivity index (χ3n) is 5.24. The maximum absolute atomic E-state index is 12.7. The maximum Gasteiger partial charge on any atom is 0.137 e. The fourth-order valence-electron chi connectivity index (χ4n) is 3.75. The van der Waals surface area contributed by atoms with E-state index >= 15 is 0 Å². The van der Waals surface area contributed by atoms with E-state index in [4.69, 9.17) is 0 Å². The molecule has 4 atom stereocenters. The van der Waals surface area contributed by atoms with Crippen LogP contribution in [0.5, 0.6) is 0 Å². The average Bonchev–Trinajstić information content (AvgIpc) is 2.58. The van der Waals surface area contributed by atoms with Gasteiger partial charge in [-0.3, -0.25) is 4.79 Å². The van der Waals surface area contributed by atoms with Crippen LogP contribution in [-0.4, -0.2) is 20.8 Å². The number of benzene rings is 1. The molecule has 1 saturated carbocycles. The molecular weight excluding hydrogens is 330 g/mol. The normalized spacial score (nSPS) is 24.1. The molecule has 1 aromatic rings.